The van der Waals surface area contributed by atoms with E-state index >= 15 is 0 Å². The number of carbonyl (C=O) groups excluding carboxylic acids is 2. The lowest BCUT2D eigenvalue weighted by atomic mass is 10.1. The van der Waals surface area contributed by atoms with Crippen molar-refractivity contribution in [1.82, 2.24) is 15.1 Å². The molecule has 2 aromatic carbocycles. The van der Waals surface area contributed by atoms with Gasteiger partial charge >= 0.3 is 0 Å². The summed E-state index contributed by atoms with van der Waals surface area (Å²) in [6.45, 7) is 8.63. The minimum absolute atomic E-state index is 0.0242. The van der Waals surface area contributed by atoms with E-state index in [0.29, 0.717) is 6.54 Å². The average molecular weight is 425 g/mol. The molecule has 31 heavy (non-hydrogen) atoms. The summed E-state index contributed by atoms with van der Waals surface area (Å²) in [7, 11) is 1.67. The van der Waals surface area contributed by atoms with Crippen molar-refractivity contribution in [2.45, 2.75) is 20.4 Å². The van der Waals surface area contributed by atoms with Crippen LogP contribution in [0.3, 0.4) is 0 Å². The Balaban J connectivity index is 1.35. The Bertz CT molecular complexity index is 890. The van der Waals surface area contributed by atoms with Gasteiger partial charge in [0.15, 0.2) is 0 Å². The Kier molecular flexibility index (Phi) is 8.03. The maximum absolute atomic E-state index is 12.3. The predicted molar refractivity (Wildman–Crippen MR) is 122 cm³/mol. The van der Waals surface area contributed by atoms with Gasteiger partial charge in [0, 0.05) is 38.4 Å². The molecule has 0 saturated carbocycles. The Morgan fingerprint density at radius 1 is 0.935 bits per heavy atom. The molecule has 1 heterocycles. The van der Waals surface area contributed by atoms with Crippen LogP contribution in [-0.4, -0.2) is 68.0 Å². The molecule has 1 aliphatic rings. The third kappa shape index (κ3) is 6.80. The van der Waals surface area contributed by atoms with Crippen LogP contribution < -0.4 is 15.4 Å². The van der Waals surface area contributed by atoms with E-state index in [1.807, 2.05) is 44.2 Å². The third-order valence-corrected chi connectivity index (χ3v) is 5.72. The summed E-state index contributed by atoms with van der Waals surface area (Å²) in [5.41, 5.74) is 4.19. The highest BCUT2D eigenvalue weighted by Crippen LogP contribution is 2.17. The molecule has 2 N–H and O–H groups in total. The quantitative estimate of drug-likeness (QED) is 0.680. The molecule has 1 saturated heterocycles. The maximum atomic E-state index is 12.3. The Labute approximate surface area is 184 Å². The average Bonchev–Trinajstić information content (AvgIpc) is 2.77. The first-order valence-corrected chi connectivity index (χ1v) is 10.6. The number of amides is 2. The number of methoxy groups -OCH3 is 1. The van der Waals surface area contributed by atoms with Gasteiger partial charge in [0.25, 0.3) is 0 Å². The molecule has 0 unspecified atom stereocenters. The largest absolute Gasteiger partial charge is 0.497 e. The van der Waals surface area contributed by atoms with E-state index in [-0.39, 0.29) is 18.4 Å². The number of aryl methyl sites for hydroxylation is 1. The van der Waals surface area contributed by atoms with Crippen LogP contribution in [0.1, 0.15) is 16.7 Å². The molecular weight excluding hydrogens is 392 g/mol. The van der Waals surface area contributed by atoms with Crippen LogP contribution >= 0.6 is 0 Å². The third-order valence-electron chi connectivity index (χ3n) is 5.72. The molecule has 1 aliphatic heterocycles. The van der Waals surface area contributed by atoms with E-state index in [4.69, 9.17) is 4.74 Å². The van der Waals surface area contributed by atoms with Crippen molar-refractivity contribution < 1.29 is 14.3 Å². The molecule has 0 radical (unpaired) electrons. The van der Waals surface area contributed by atoms with E-state index in [2.05, 4.69) is 32.6 Å². The van der Waals surface area contributed by atoms with Gasteiger partial charge in [-0.15, -0.1) is 0 Å². The van der Waals surface area contributed by atoms with Gasteiger partial charge in [-0.2, -0.15) is 0 Å². The second-order valence-electron chi connectivity index (χ2n) is 7.97. The fraction of sp³-hybridized carbons (Fsp3) is 0.417. The maximum Gasteiger partial charge on any atom is 0.243 e. The van der Waals surface area contributed by atoms with Crippen molar-refractivity contribution in [3.63, 3.8) is 0 Å². The van der Waals surface area contributed by atoms with Gasteiger partial charge < -0.3 is 15.4 Å². The fourth-order valence-electron chi connectivity index (χ4n) is 3.61. The summed E-state index contributed by atoms with van der Waals surface area (Å²) >= 11 is 0. The van der Waals surface area contributed by atoms with Gasteiger partial charge in [-0.1, -0.05) is 24.3 Å². The molecule has 2 amide bonds. The van der Waals surface area contributed by atoms with Crippen LogP contribution in [0, 0.1) is 13.8 Å². The number of nitrogens with one attached hydrogen (secondary N) is 2. The lowest BCUT2D eigenvalue weighted by molar-refractivity contribution is -0.125. The van der Waals surface area contributed by atoms with Crippen LogP contribution in [0.15, 0.2) is 42.5 Å². The molecule has 3 rings (SSSR count). The molecule has 7 heteroatoms. The number of anilines is 1. The highest BCUT2D eigenvalue weighted by molar-refractivity contribution is 5.95. The molecule has 0 aliphatic carbocycles. The molecule has 2 aromatic rings. The monoisotopic (exact) mass is 424 g/mol. The van der Waals surface area contributed by atoms with Crippen LogP contribution in [0.4, 0.5) is 5.69 Å². The summed E-state index contributed by atoms with van der Waals surface area (Å²) in [6.07, 6.45) is 0. The lowest BCUT2D eigenvalue weighted by Crippen LogP contribution is -2.49. The lowest BCUT2D eigenvalue weighted by Gasteiger charge is -2.34. The molecule has 7 nitrogen and oxygen atoms in total. The summed E-state index contributed by atoms with van der Waals surface area (Å²) in [5.74, 6) is 0.522. The van der Waals surface area contributed by atoms with Gasteiger partial charge in [0.1, 0.15) is 5.75 Å². The van der Waals surface area contributed by atoms with Crippen molar-refractivity contribution in [1.29, 1.82) is 0 Å². The topological polar surface area (TPSA) is 73.9 Å². The molecule has 166 valence electrons. The standard InChI is InChI=1S/C24H32N4O3/c1-18-5-4-6-22(19(18)2)26-23(29)15-25-24(30)17-28-13-11-27(12-14-28)16-20-7-9-21(31-3)10-8-20/h4-10H,11-17H2,1-3H3,(H,25,30)(H,26,29). The summed E-state index contributed by atoms with van der Waals surface area (Å²) in [4.78, 5) is 28.9. The minimum Gasteiger partial charge on any atom is -0.497 e. The van der Waals surface area contributed by atoms with E-state index in [9.17, 15) is 9.59 Å². The molecule has 0 aromatic heterocycles. The highest BCUT2D eigenvalue weighted by atomic mass is 16.5. The molecular formula is C24H32N4O3. The van der Waals surface area contributed by atoms with Crippen molar-refractivity contribution >= 4 is 17.5 Å². The van der Waals surface area contributed by atoms with Gasteiger partial charge in [-0.3, -0.25) is 19.4 Å². The number of ether oxygens (including phenoxy) is 1. The Morgan fingerprint density at radius 2 is 1.61 bits per heavy atom. The molecule has 1 fully saturated rings. The molecule has 0 bridgehead atoms. The first-order valence-electron chi connectivity index (χ1n) is 10.6. The van der Waals surface area contributed by atoms with Gasteiger partial charge in [0.05, 0.1) is 20.2 Å². The number of carbonyl (C=O) groups is 2. The van der Waals surface area contributed by atoms with Gasteiger partial charge in [-0.05, 0) is 48.7 Å². The van der Waals surface area contributed by atoms with E-state index in [1.165, 1.54) is 5.56 Å². The van der Waals surface area contributed by atoms with E-state index in [0.717, 1.165) is 55.3 Å². The van der Waals surface area contributed by atoms with Crippen LogP contribution in [0.5, 0.6) is 5.75 Å². The van der Waals surface area contributed by atoms with Gasteiger partial charge in [0.2, 0.25) is 11.8 Å². The van der Waals surface area contributed by atoms with Crippen LogP contribution in [0.2, 0.25) is 0 Å². The Hall–Kier alpha value is -2.90. The SMILES string of the molecule is COc1ccc(CN2CCN(CC(=O)NCC(=O)Nc3cccc(C)c3C)CC2)cc1. The second kappa shape index (κ2) is 10.9. The molecule has 0 spiro atoms. The number of piperazine rings is 1. The van der Waals surface area contributed by atoms with Crippen LogP contribution in [-0.2, 0) is 16.1 Å². The second-order valence-corrected chi connectivity index (χ2v) is 7.97. The van der Waals surface area contributed by atoms with Crippen LogP contribution in [0.25, 0.3) is 0 Å². The number of hydrogen-bond acceptors (Lipinski definition) is 5. The smallest absolute Gasteiger partial charge is 0.243 e. The first-order chi connectivity index (χ1) is 14.9. The zero-order chi connectivity index (χ0) is 22.2. The number of hydrogen-bond donors (Lipinski definition) is 2. The summed E-state index contributed by atoms with van der Waals surface area (Å²) in [6, 6.07) is 13.9. The minimum atomic E-state index is -0.216. The summed E-state index contributed by atoms with van der Waals surface area (Å²) < 4.78 is 5.20. The summed E-state index contributed by atoms with van der Waals surface area (Å²) in [5, 5.41) is 5.59. The zero-order valence-corrected chi connectivity index (χ0v) is 18.6. The van der Waals surface area contributed by atoms with E-state index in [1.54, 1.807) is 7.11 Å². The molecule has 0 atom stereocenters. The number of rotatable bonds is 8. The van der Waals surface area contributed by atoms with E-state index < -0.39 is 0 Å². The fourth-order valence-corrected chi connectivity index (χ4v) is 3.61. The predicted octanol–water partition coefficient (Wildman–Crippen LogP) is 2.18. The first kappa shape index (κ1) is 22.8. The van der Waals surface area contributed by atoms with Crippen molar-refractivity contribution in [2.24, 2.45) is 0 Å². The normalized spacial score (nSPS) is 14.8. The highest BCUT2D eigenvalue weighted by Gasteiger charge is 2.19. The van der Waals surface area contributed by atoms with Crippen molar-refractivity contribution in [2.75, 3.05) is 51.7 Å². The number of nitrogens with zero attached hydrogens (tertiary/aromatic N) is 2. The Morgan fingerprint density at radius 3 is 2.29 bits per heavy atom. The van der Waals surface area contributed by atoms with Crippen molar-refractivity contribution in [3.8, 4) is 5.75 Å². The van der Waals surface area contributed by atoms with Crippen molar-refractivity contribution in [3.05, 3.63) is 59.2 Å². The zero-order valence-electron chi connectivity index (χ0n) is 18.6. The number of benzene rings is 2. The van der Waals surface area contributed by atoms with Gasteiger partial charge in [-0.25, -0.2) is 0 Å².